The van der Waals surface area contributed by atoms with Crippen LogP contribution in [0.4, 0.5) is 0 Å². The van der Waals surface area contributed by atoms with E-state index >= 15 is 0 Å². The predicted octanol–water partition coefficient (Wildman–Crippen LogP) is 3.78. The summed E-state index contributed by atoms with van der Waals surface area (Å²) in [6.07, 6.45) is 1.51. The molecule has 1 atom stereocenters. The molecule has 0 spiro atoms. The molecule has 2 N–H and O–H groups in total. The van der Waals surface area contributed by atoms with E-state index in [9.17, 15) is 9.90 Å². The summed E-state index contributed by atoms with van der Waals surface area (Å²) in [6, 6.07) is 14.4. The highest BCUT2D eigenvalue weighted by atomic mass is 35.5. The molecule has 0 bridgehead atoms. The second-order valence-electron chi connectivity index (χ2n) is 6.05. The van der Waals surface area contributed by atoms with Gasteiger partial charge in [0.05, 0.1) is 13.7 Å². The van der Waals surface area contributed by atoms with Crippen LogP contribution in [-0.4, -0.2) is 24.7 Å². The molecule has 4 nitrogen and oxygen atoms in total. The molecule has 0 saturated heterocycles. The second-order valence-corrected chi connectivity index (χ2v) is 6.49. The Kier molecular flexibility index (Phi) is 6.23. The summed E-state index contributed by atoms with van der Waals surface area (Å²) in [5, 5.41) is 13.9. The van der Waals surface area contributed by atoms with E-state index in [1.165, 1.54) is 6.08 Å². The number of aliphatic hydroxyl groups is 1. The van der Waals surface area contributed by atoms with E-state index in [1.807, 2.05) is 31.2 Å². The Hall–Kier alpha value is -2.30. The Bertz CT molecular complexity index is 750. The monoisotopic (exact) mass is 359 g/mol. The van der Waals surface area contributed by atoms with Crippen molar-refractivity contribution in [2.24, 2.45) is 0 Å². The van der Waals surface area contributed by atoms with Crippen LogP contribution >= 0.6 is 11.6 Å². The fraction of sp³-hybridized carbons (Fsp3) is 0.250. The lowest BCUT2D eigenvalue weighted by molar-refractivity contribution is -0.117. The molecule has 0 aliphatic heterocycles. The summed E-state index contributed by atoms with van der Waals surface area (Å²) >= 11 is 5.86. The van der Waals surface area contributed by atoms with Crippen molar-refractivity contribution in [2.75, 3.05) is 13.7 Å². The van der Waals surface area contributed by atoms with Gasteiger partial charge in [-0.2, -0.15) is 0 Å². The van der Waals surface area contributed by atoms with Gasteiger partial charge in [-0.1, -0.05) is 35.9 Å². The molecule has 0 aliphatic carbocycles. The van der Waals surface area contributed by atoms with Gasteiger partial charge in [-0.25, -0.2) is 0 Å². The van der Waals surface area contributed by atoms with E-state index in [1.54, 1.807) is 38.3 Å². The highest BCUT2D eigenvalue weighted by molar-refractivity contribution is 6.30. The van der Waals surface area contributed by atoms with Crippen LogP contribution in [0, 0.1) is 0 Å². The molecule has 0 aromatic heterocycles. The molecule has 2 aromatic carbocycles. The minimum absolute atomic E-state index is 0.0971. The topological polar surface area (TPSA) is 58.6 Å². The highest BCUT2D eigenvalue weighted by Gasteiger charge is 2.23. The molecular formula is C20H22ClNO3. The predicted molar refractivity (Wildman–Crippen MR) is 101 cm³/mol. The minimum atomic E-state index is -1.18. The van der Waals surface area contributed by atoms with Gasteiger partial charge >= 0.3 is 0 Å². The van der Waals surface area contributed by atoms with Crippen molar-refractivity contribution in [3.8, 4) is 5.75 Å². The van der Waals surface area contributed by atoms with Gasteiger partial charge in [-0.3, -0.25) is 4.79 Å². The first kappa shape index (κ1) is 19.0. The van der Waals surface area contributed by atoms with E-state index < -0.39 is 5.60 Å². The lowest BCUT2D eigenvalue weighted by Gasteiger charge is -2.24. The maximum absolute atomic E-state index is 12.1. The summed E-state index contributed by atoms with van der Waals surface area (Å²) in [4.78, 5) is 12.1. The van der Waals surface area contributed by atoms with Crippen LogP contribution in [0.3, 0.4) is 0 Å². The largest absolute Gasteiger partial charge is 0.497 e. The van der Waals surface area contributed by atoms with Gasteiger partial charge in [0.15, 0.2) is 0 Å². The van der Waals surface area contributed by atoms with Crippen molar-refractivity contribution in [2.45, 2.75) is 19.4 Å². The molecule has 0 heterocycles. The highest BCUT2D eigenvalue weighted by Crippen LogP contribution is 2.22. The molecule has 0 fully saturated rings. The average Bonchev–Trinajstić information content (AvgIpc) is 2.60. The van der Waals surface area contributed by atoms with Crippen molar-refractivity contribution in [1.82, 2.24) is 5.32 Å². The van der Waals surface area contributed by atoms with E-state index in [0.29, 0.717) is 10.6 Å². The molecule has 25 heavy (non-hydrogen) atoms. The molecule has 5 heteroatoms. The zero-order valence-corrected chi connectivity index (χ0v) is 15.3. The van der Waals surface area contributed by atoms with Crippen molar-refractivity contribution < 1.29 is 14.6 Å². The summed E-state index contributed by atoms with van der Waals surface area (Å²) < 4.78 is 5.12. The Morgan fingerprint density at radius 1 is 1.20 bits per heavy atom. The first-order valence-corrected chi connectivity index (χ1v) is 8.28. The van der Waals surface area contributed by atoms with E-state index in [4.69, 9.17) is 16.3 Å². The zero-order valence-electron chi connectivity index (χ0n) is 14.5. The van der Waals surface area contributed by atoms with Crippen LogP contribution < -0.4 is 10.1 Å². The quantitative estimate of drug-likeness (QED) is 0.772. The number of amides is 1. The first-order valence-electron chi connectivity index (χ1n) is 7.91. The minimum Gasteiger partial charge on any atom is -0.497 e. The van der Waals surface area contributed by atoms with Crippen LogP contribution in [0.1, 0.15) is 25.0 Å². The van der Waals surface area contributed by atoms with Crippen LogP contribution in [0.5, 0.6) is 5.75 Å². The summed E-state index contributed by atoms with van der Waals surface area (Å²) in [5.74, 6) is 0.502. The molecule has 0 aliphatic rings. The number of halogens is 1. The number of carbonyl (C=O) groups is 1. The number of benzene rings is 2. The van der Waals surface area contributed by atoms with Crippen molar-refractivity contribution in [3.05, 3.63) is 70.8 Å². The van der Waals surface area contributed by atoms with Gasteiger partial charge in [0.25, 0.3) is 0 Å². The number of hydrogen-bond acceptors (Lipinski definition) is 3. The smallest absolute Gasteiger partial charge is 0.244 e. The van der Waals surface area contributed by atoms with E-state index in [-0.39, 0.29) is 12.5 Å². The number of rotatable bonds is 6. The number of allylic oxidation sites excluding steroid dienone is 1. The molecule has 1 unspecified atom stereocenters. The third kappa shape index (κ3) is 5.34. The molecule has 0 saturated carbocycles. The number of nitrogens with one attached hydrogen (secondary N) is 1. The van der Waals surface area contributed by atoms with Crippen LogP contribution in [-0.2, 0) is 10.4 Å². The molecule has 132 valence electrons. The summed E-state index contributed by atoms with van der Waals surface area (Å²) in [5.41, 5.74) is 1.27. The molecule has 0 radical (unpaired) electrons. The van der Waals surface area contributed by atoms with Gasteiger partial charge in [0.2, 0.25) is 5.91 Å². The SMILES string of the molecule is COc1ccc(/C(C)=C/C(=O)NCC(C)(O)c2ccc(Cl)cc2)cc1. The normalized spacial score (nSPS) is 13.9. The maximum atomic E-state index is 12.1. The van der Waals surface area contributed by atoms with Crippen LogP contribution in [0.2, 0.25) is 5.02 Å². The first-order chi connectivity index (χ1) is 11.8. The van der Waals surface area contributed by atoms with Crippen LogP contribution in [0.25, 0.3) is 5.57 Å². The lowest BCUT2D eigenvalue weighted by atomic mass is 9.96. The Labute approximate surface area is 153 Å². The molecular weight excluding hydrogens is 338 g/mol. The fourth-order valence-corrected chi connectivity index (χ4v) is 2.48. The van der Waals surface area contributed by atoms with Gasteiger partial charge < -0.3 is 15.2 Å². The van der Waals surface area contributed by atoms with Crippen molar-refractivity contribution >= 4 is 23.1 Å². The number of carbonyl (C=O) groups excluding carboxylic acids is 1. The summed E-state index contributed by atoms with van der Waals surface area (Å²) in [6.45, 7) is 3.61. The number of ether oxygens (including phenoxy) is 1. The van der Waals surface area contributed by atoms with Crippen LogP contribution in [0.15, 0.2) is 54.6 Å². The molecule has 2 rings (SSSR count). The zero-order chi connectivity index (χ0) is 18.4. The Balaban J connectivity index is 1.99. The summed E-state index contributed by atoms with van der Waals surface area (Å²) in [7, 11) is 1.61. The third-order valence-electron chi connectivity index (χ3n) is 3.97. The van der Waals surface area contributed by atoms with Gasteiger partial charge in [0, 0.05) is 11.1 Å². The van der Waals surface area contributed by atoms with Gasteiger partial charge in [-0.05, 0) is 54.8 Å². The Morgan fingerprint density at radius 2 is 1.80 bits per heavy atom. The lowest BCUT2D eigenvalue weighted by Crippen LogP contribution is -2.38. The van der Waals surface area contributed by atoms with E-state index in [0.717, 1.165) is 16.9 Å². The van der Waals surface area contributed by atoms with E-state index in [2.05, 4.69) is 5.32 Å². The molecule has 1 amide bonds. The maximum Gasteiger partial charge on any atom is 0.244 e. The number of hydrogen-bond donors (Lipinski definition) is 2. The van der Waals surface area contributed by atoms with Crippen molar-refractivity contribution in [3.63, 3.8) is 0 Å². The van der Waals surface area contributed by atoms with Gasteiger partial charge in [0.1, 0.15) is 11.4 Å². The average molecular weight is 360 g/mol. The molecule has 2 aromatic rings. The third-order valence-corrected chi connectivity index (χ3v) is 4.22. The standard InChI is InChI=1S/C20H22ClNO3/c1-14(15-4-10-18(25-3)11-5-15)12-19(23)22-13-20(2,24)16-6-8-17(21)9-7-16/h4-12,24H,13H2,1-3H3,(H,22,23)/b14-12+. The number of methoxy groups -OCH3 is 1. The van der Waals surface area contributed by atoms with Gasteiger partial charge in [-0.15, -0.1) is 0 Å². The Morgan fingerprint density at radius 3 is 2.36 bits per heavy atom. The second kappa shape index (κ2) is 8.19. The fourth-order valence-electron chi connectivity index (χ4n) is 2.36. The van der Waals surface area contributed by atoms with Crippen molar-refractivity contribution in [1.29, 1.82) is 0 Å².